The van der Waals surface area contributed by atoms with Crippen molar-refractivity contribution in [1.82, 2.24) is 14.1 Å². The minimum atomic E-state index is -3.94. The lowest BCUT2D eigenvalue weighted by atomic mass is 10.3. The van der Waals surface area contributed by atoms with Crippen molar-refractivity contribution in [2.45, 2.75) is 11.4 Å². The fraction of sp³-hybridized carbons (Fsp3) is 0.118. The summed E-state index contributed by atoms with van der Waals surface area (Å²) >= 11 is 0. The molecule has 0 radical (unpaired) electrons. The monoisotopic (exact) mass is 363 g/mol. The van der Waals surface area contributed by atoms with Crippen LogP contribution in [0.15, 0.2) is 65.8 Å². The first-order chi connectivity index (χ1) is 11.9. The summed E-state index contributed by atoms with van der Waals surface area (Å²) in [6, 6.07) is 11.9. The standard InChI is InChI=1S/C17H15F2N3O2S/c1-21(25(23,24)15-7-8-16(18)17(19)9-15)11-13-10-20-22(12-13)14-5-3-2-4-6-14/h2-10,12H,11H2,1H3. The minimum absolute atomic E-state index is 0.0498. The van der Waals surface area contributed by atoms with Gasteiger partial charge in [0, 0.05) is 25.4 Å². The van der Waals surface area contributed by atoms with Crippen LogP contribution in [0.1, 0.15) is 5.56 Å². The summed E-state index contributed by atoms with van der Waals surface area (Å²) in [4.78, 5) is -0.302. The molecular weight excluding hydrogens is 348 g/mol. The normalized spacial score (nSPS) is 11.8. The van der Waals surface area contributed by atoms with Crippen LogP contribution in [0, 0.1) is 11.6 Å². The second-order valence-corrected chi connectivity index (χ2v) is 7.51. The Kier molecular flexibility index (Phi) is 4.65. The molecular formula is C17H15F2N3O2S. The van der Waals surface area contributed by atoms with Crippen LogP contribution in [0.25, 0.3) is 5.69 Å². The van der Waals surface area contributed by atoms with Gasteiger partial charge < -0.3 is 0 Å². The highest BCUT2D eigenvalue weighted by molar-refractivity contribution is 7.89. The second kappa shape index (κ2) is 6.73. The highest BCUT2D eigenvalue weighted by atomic mass is 32.2. The maximum Gasteiger partial charge on any atom is 0.243 e. The Morgan fingerprint density at radius 1 is 1.08 bits per heavy atom. The molecule has 0 fully saturated rings. The van der Waals surface area contributed by atoms with Crippen molar-refractivity contribution in [3.63, 3.8) is 0 Å². The molecule has 0 aliphatic rings. The third-order valence-corrected chi connectivity index (χ3v) is 5.46. The van der Waals surface area contributed by atoms with E-state index >= 15 is 0 Å². The van der Waals surface area contributed by atoms with Crippen molar-refractivity contribution in [1.29, 1.82) is 0 Å². The van der Waals surface area contributed by atoms with Gasteiger partial charge in [-0.2, -0.15) is 9.40 Å². The van der Waals surface area contributed by atoms with Crippen LogP contribution in [0.2, 0.25) is 0 Å². The molecule has 0 amide bonds. The maximum atomic E-state index is 13.3. The number of benzene rings is 2. The highest BCUT2D eigenvalue weighted by Crippen LogP contribution is 2.19. The van der Waals surface area contributed by atoms with Crippen LogP contribution in [-0.2, 0) is 16.6 Å². The molecule has 3 rings (SSSR count). The fourth-order valence-electron chi connectivity index (χ4n) is 2.32. The van der Waals surface area contributed by atoms with E-state index in [1.165, 1.54) is 7.05 Å². The number of sulfonamides is 1. The summed E-state index contributed by atoms with van der Waals surface area (Å²) in [6.45, 7) is 0.0498. The van der Waals surface area contributed by atoms with Crippen molar-refractivity contribution in [3.8, 4) is 5.69 Å². The average molecular weight is 363 g/mol. The zero-order valence-electron chi connectivity index (χ0n) is 13.3. The van der Waals surface area contributed by atoms with Crippen LogP contribution in [-0.4, -0.2) is 29.6 Å². The van der Waals surface area contributed by atoms with E-state index in [0.717, 1.165) is 22.1 Å². The molecule has 25 heavy (non-hydrogen) atoms. The zero-order valence-corrected chi connectivity index (χ0v) is 14.1. The fourth-order valence-corrected chi connectivity index (χ4v) is 3.49. The van der Waals surface area contributed by atoms with Gasteiger partial charge in [-0.3, -0.25) is 0 Å². The van der Waals surface area contributed by atoms with Gasteiger partial charge in [-0.05, 0) is 30.3 Å². The molecule has 8 heteroatoms. The summed E-state index contributed by atoms with van der Waals surface area (Å²) in [6.07, 6.45) is 3.27. The molecule has 0 saturated carbocycles. The number of para-hydroxylation sites is 1. The molecule has 0 spiro atoms. The molecule has 0 unspecified atom stereocenters. The molecule has 2 aromatic carbocycles. The Hall–Kier alpha value is -2.58. The predicted octanol–water partition coefficient (Wildman–Crippen LogP) is 2.97. The van der Waals surface area contributed by atoms with Gasteiger partial charge in [0.2, 0.25) is 10.0 Å². The molecule has 0 saturated heterocycles. The van der Waals surface area contributed by atoms with Crippen LogP contribution in [0.3, 0.4) is 0 Å². The Bertz CT molecular complexity index is 988. The number of aromatic nitrogens is 2. The molecule has 3 aromatic rings. The molecule has 0 atom stereocenters. The Morgan fingerprint density at radius 2 is 1.80 bits per heavy atom. The smallest absolute Gasteiger partial charge is 0.241 e. The third kappa shape index (κ3) is 3.59. The SMILES string of the molecule is CN(Cc1cnn(-c2ccccc2)c1)S(=O)(=O)c1ccc(F)c(F)c1. The lowest BCUT2D eigenvalue weighted by Crippen LogP contribution is -2.26. The number of hydrogen-bond donors (Lipinski definition) is 0. The van der Waals surface area contributed by atoms with Gasteiger partial charge in [0.15, 0.2) is 11.6 Å². The van der Waals surface area contributed by atoms with Gasteiger partial charge in [0.05, 0.1) is 16.8 Å². The van der Waals surface area contributed by atoms with Gasteiger partial charge in [-0.25, -0.2) is 21.9 Å². The van der Waals surface area contributed by atoms with Crippen molar-refractivity contribution in [2.75, 3.05) is 7.05 Å². The van der Waals surface area contributed by atoms with Crippen LogP contribution >= 0.6 is 0 Å². The van der Waals surface area contributed by atoms with Gasteiger partial charge in [-0.1, -0.05) is 18.2 Å². The van der Waals surface area contributed by atoms with Gasteiger partial charge in [0.25, 0.3) is 0 Å². The van der Waals surface area contributed by atoms with Crippen LogP contribution < -0.4 is 0 Å². The third-order valence-electron chi connectivity index (χ3n) is 3.66. The van der Waals surface area contributed by atoms with E-state index in [0.29, 0.717) is 11.6 Å². The first-order valence-corrected chi connectivity index (χ1v) is 8.82. The molecule has 5 nitrogen and oxygen atoms in total. The van der Waals surface area contributed by atoms with Crippen molar-refractivity contribution in [2.24, 2.45) is 0 Å². The van der Waals surface area contributed by atoms with E-state index in [2.05, 4.69) is 5.10 Å². The van der Waals surface area contributed by atoms with Crippen molar-refractivity contribution in [3.05, 3.63) is 78.1 Å². The summed E-state index contributed by atoms with van der Waals surface area (Å²) < 4.78 is 54.0. The highest BCUT2D eigenvalue weighted by Gasteiger charge is 2.22. The topological polar surface area (TPSA) is 55.2 Å². The van der Waals surface area contributed by atoms with Gasteiger partial charge in [-0.15, -0.1) is 0 Å². The molecule has 0 bridgehead atoms. The molecule has 1 heterocycles. The Labute approximate surface area is 144 Å². The number of rotatable bonds is 5. The molecule has 1 aromatic heterocycles. The summed E-state index contributed by atoms with van der Waals surface area (Å²) in [7, 11) is -2.57. The number of hydrogen-bond acceptors (Lipinski definition) is 3. The van der Waals surface area contributed by atoms with Crippen LogP contribution in [0.5, 0.6) is 0 Å². The largest absolute Gasteiger partial charge is 0.243 e. The van der Waals surface area contributed by atoms with E-state index in [4.69, 9.17) is 0 Å². The quantitative estimate of drug-likeness (QED) is 0.700. The molecule has 0 aliphatic carbocycles. The van der Waals surface area contributed by atoms with E-state index in [-0.39, 0.29) is 11.4 Å². The first kappa shape index (κ1) is 17.2. The number of halogens is 2. The summed E-state index contributed by atoms with van der Waals surface area (Å²) in [5.74, 6) is -2.29. The minimum Gasteiger partial charge on any atom is -0.241 e. The Morgan fingerprint density at radius 3 is 2.48 bits per heavy atom. The summed E-state index contributed by atoms with van der Waals surface area (Å²) in [5, 5.41) is 4.21. The lowest BCUT2D eigenvalue weighted by molar-refractivity contribution is 0.463. The second-order valence-electron chi connectivity index (χ2n) is 5.47. The van der Waals surface area contributed by atoms with Gasteiger partial charge in [0.1, 0.15) is 0 Å². The van der Waals surface area contributed by atoms with Gasteiger partial charge >= 0.3 is 0 Å². The molecule has 130 valence electrons. The molecule has 0 aliphatic heterocycles. The van der Waals surface area contributed by atoms with E-state index in [1.54, 1.807) is 17.1 Å². The maximum absolute atomic E-state index is 13.3. The van der Waals surface area contributed by atoms with E-state index < -0.39 is 21.7 Å². The molecule has 0 N–H and O–H groups in total. The van der Waals surface area contributed by atoms with Crippen molar-refractivity contribution < 1.29 is 17.2 Å². The van der Waals surface area contributed by atoms with Crippen LogP contribution in [0.4, 0.5) is 8.78 Å². The zero-order chi connectivity index (χ0) is 18.0. The predicted molar refractivity (Wildman–Crippen MR) is 88.6 cm³/mol. The lowest BCUT2D eigenvalue weighted by Gasteiger charge is -2.16. The average Bonchev–Trinajstić information content (AvgIpc) is 3.06. The first-order valence-electron chi connectivity index (χ1n) is 7.38. The van der Waals surface area contributed by atoms with Crippen molar-refractivity contribution >= 4 is 10.0 Å². The summed E-state index contributed by atoms with van der Waals surface area (Å²) in [5.41, 5.74) is 1.51. The Balaban J connectivity index is 1.81. The van der Waals surface area contributed by atoms with E-state index in [9.17, 15) is 17.2 Å². The van der Waals surface area contributed by atoms with E-state index in [1.807, 2.05) is 30.3 Å². The number of nitrogens with zero attached hydrogens (tertiary/aromatic N) is 3.